The van der Waals surface area contributed by atoms with Gasteiger partial charge in [0.15, 0.2) is 0 Å². The summed E-state index contributed by atoms with van der Waals surface area (Å²) in [6.07, 6.45) is -3.75. The summed E-state index contributed by atoms with van der Waals surface area (Å²) >= 11 is 0. The third kappa shape index (κ3) is 5.58. The lowest BCUT2D eigenvalue weighted by molar-refractivity contribution is -0.159. The fraction of sp³-hybridized carbons (Fsp3) is 0.333. The maximum atomic E-state index is 12.6. The monoisotopic (exact) mass is 463 g/mol. The smallest absolute Gasteiger partial charge is 0.444 e. The van der Waals surface area contributed by atoms with Crippen molar-refractivity contribution < 1.29 is 32.0 Å². The molecule has 1 aliphatic heterocycles. The van der Waals surface area contributed by atoms with E-state index >= 15 is 0 Å². The molecule has 0 atom stereocenters. The van der Waals surface area contributed by atoms with E-state index in [1.54, 1.807) is 13.1 Å². The van der Waals surface area contributed by atoms with Crippen molar-refractivity contribution in [3.05, 3.63) is 53.5 Å². The molecule has 1 fully saturated rings. The van der Waals surface area contributed by atoms with Crippen LogP contribution in [0, 0.1) is 6.92 Å². The Bertz CT molecular complexity index is 1110. The summed E-state index contributed by atoms with van der Waals surface area (Å²) in [7, 11) is 0. The molecule has 4 rings (SSSR count). The number of carbonyl (C=O) groups excluding carboxylic acids is 1. The number of rotatable bonds is 5. The number of nitrogens with one attached hydrogen (secondary N) is 1. The summed E-state index contributed by atoms with van der Waals surface area (Å²) in [4.78, 5) is 22.1. The molecule has 33 heavy (non-hydrogen) atoms. The molecule has 3 aromatic rings. The largest absolute Gasteiger partial charge is 0.471 e. The van der Waals surface area contributed by atoms with Crippen molar-refractivity contribution in [2.75, 3.05) is 36.5 Å². The van der Waals surface area contributed by atoms with Gasteiger partial charge in [-0.05, 0) is 36.8 Å². The number of aryl methyl sites for hydroxylation is 1. The maximum Gasteiger partial charge on any atom is 0.471 e. The number of anilines is 2. The molecule has 1 saturated heterocycles. The molecule has 0 spiro atoms. The highest BCUT2D eigenvalue weighted by Crippen LogP contribution is 2.30. The summed E-state index contributed by atoms with van der Waals surface area (Å²) in [5, 5.41) is 5.95. The summed E-state index contributed by atoms with van der Waals surface area (Å²) in [5.41, 5.74) is 2.06. The van der Waals surface area contributed by atoms with Crippen LogP contribution >= 0.6 is 0 Å². The quantitative estimate of drug-likeness (QED) is 0.605. The summed E-state index contributed by atoms with van der Waals surface area (Å²) in [6, 6.07) is 8.24. The zero-order valence-electron chi connectivity index (χ0n) is 17.6. The molecule has 1 N–H and O–H groups in total. The summed E-state index contributed by atoms with van der Waals surface area (Å²) in [5.74, 6) is -0.785. The van der Waals surface area contributed by atoms with Crippen LogP contribution in [0.15, 0.2) is 41.1 Å². The number of ether oxygens (including phenoxy) is 2. The first kappa shape index (κ1) is 22.5. The molecule has 0 unspecified atom stereocenters. The lowest BCUT2D eigenvalue weighted by atomic mass is 10.1. The number of aromatic nitrogens is 3. The number of hydrogen-bond acceptors (Lipinski definition) is 8. The van der Waals surface area contributed by atoms with Crippen LogP contribution < -0.4 is 10.2 Å². The number of pyridine rings is 1. The van der Waals surface area contributed by atoms with Crippen molar-refractivity contribution in [1.29, 1.82) is 0 Å². The first-order chi connectivity index (χ1) is 15.8. The van der Waals surface area contributed by atoms with Gasteiger partial charge in [-0.3, -0.25) is 5.32 Å². The van der Waals surface area contributed by atoms with E-state index < -0.39 is 18.2 Å². The lowest BCUT2D eigenvalue weighted by Crippen LogP contribution is -2.36. The van der Waals surface area contributed by atoms with Gasteiger partial charge in [0.25, 0.3) is 0 Å². The Morgan fingerprint density at radius 1 is 1.21 bits per heavy atom. The van der Waals surface area contributed by atoms with E-state index in [2.05, 4.69) is 29.9 Å². The average Bonchev–Trinajstić information content (AvgIpc) is 3.31. The summed E-state index contributed by atoms with van der Waals surface area (Å²) in [6.45, 7) is 4.59. The van der Waals surface area contributed by atoms with Crippen molar-refractivity contribution in [2.24, 2.45) is 0 Å². The van der Waals surface area contributed by atoms with Crippen molar-refractivity contribution >= 4 is 17.6 Å². The zero-order chi connectivity index (χ0) is 23.4. The lowest BCUT2D eigenvalue weighted by Gasteiger charge is -2.27. The highest BCUT2D eigenvalue weighted by Gasteiger charge is 2.38. The number of carbonyl (C=O) groups is 1. The highest BCUT2D eigenvalue weighted by molar-refractivity contribution is 5.86. The van der Waals surface area contributed by atoms with Gasteiger partial charge in [0.05, 0.1) is 13.2 Å². The minimum atomic E-state index is -4.72. The van der Waals surface area contributed by atoms with E-state index in [-0.39, 0.29) is 12.4 Å². The van der Waals surface area contributed by atoms with Gasteiger partial charge >= 0.3 is 18.2 Å². The topological polar surface area (TPSA) is 103 Å². The van der Waals surface area contributed by atoms with Gasteiger partial charge < -0.3 is 18.9 Å². The standard InChI is InChI=1S/C21H20F3N5O4/c1-13-10-15(18-27-19(33-28-18)21(22,23)24)3-4-16(13)26-20(30)32-12-14-2-5-17(25-11-14)29-6-8-31-9-7-29/h2-5,10-11H,6-9,12H2,1H3,(H,26,30). The summed E-state index contributed by atoms with van der Waals surface area (Å²) < 4.78 is 52.7. The third-order valence-corrected chi connectivity index (χ3v) is 4.90. The van der Waals surface area contributed by atoms with E-state index in [9.17, 15) is 18.0 Å². The molecular weight excluding hydrogens is 443 g/mol. The number of morpholine rings is 1. The molecule has 9 nitrogen and oxygen atoms in total. The Kier molecular flexibility index (Phi) is 6.45. The Morgan fingerprint density at radius 2 is 2.00 bits per heavy atom. The number of amides is 1. The Balaban J connectivity index is 1.32. The molecular formula is C21H20F3N5O4. The van der Waals surface area contributed by atoms with Crippen molar-refractivity contribution in [2.45, 2.75) is 19.7 Å². The van der Waals surface area contributed by atoms with Crippen LogP contribution in [0.4, 0.5) is 29.5 Å². The molecule has 0 saturated carbocycles. The van der Waals surface area contributed by atoms with Crippen molar-refractivity contribution in [3.8, 4) is 11.4 Å². The predicted octanol–water partition coefficient (Wildman–Crippen LogP) is 4.04. The van der Waals surface area contributed by atoms with Gasteiger partial charge in [-0.15, -0.1) is 0 Å². The molecule has 0 aliphatic carbocycles. The number of hydrogen-bond donors (Lipinski definition) is 1. The van der Waals surface area contributed by atoms with Crippen LogP contribution in [-0.2, 0) is 22.3 Å². The van der Waals surface area contributed by atoms with Crippen LogP contribution in [0.2, 0.25) is 0 Å². The normalized spacial score (nSPS) is 14.2. The second-order valence-electron chi connectivity index (χ2n) is 7.28. The second kappa shape index (κ2) is 9.45. The van der Waals surface area contributed by atoms with E-state index in [4.69, 9.17) is 9.47 Å². The van der Waals surface area contributed by atoms with Gasteiger partial charge in [0.2, 0.25) is 5.82 Å². The van der Waals surface area contributed by atoms with Gasteiger partial charge in [-0.1, -0.05) is 11.2 Å². The number of halogens is 3. The molecule has 174 valence electrons. The maximum absolute atomic E-state index is 12.6. The minimum absolute atomic E-state index is 0.0302. The Morgan fingerprint density at radius 3 is 2.64 bits per heavy atom. The van der Waals surface area contributed by atoms with E-state index in [0.29, 0.717) is 30.0 Å². The Labute approximate surface area is 186 Å². The van der Waals surface area contributed by atoms with Crippen LogP contribution in [0.3, 0.4) is 0 Å². The van der Waals surface area contributed by atoms with Crippen LogP contribution in [0.5, 0.6) is 0 Å². The molecule has 3 heterocycles. The van der Waals surface area contributed by atoms with Gasteiger partial charge in [-0.2, -0.15) is 18.2 Å². The molecule has 0 bridgehead atoms. The molecule has 12 heteroatoms. The molecule has 1 amide bonds. The molecule has 0 radical (unpaired) electrons. The molecule has 1 aliphatic rings. The second-order valence-corrected chi connectivity index (χ2v) is 7.28. The van der Waals surface area contributed by atoms with E-state index in [1.165, 1.54) is 18.2 Å². The number of benzene rings is 1. The van der Waals surface area contributed by atoms with Crippen LogP contribution in [0.25, 0.3) is 11.4 Å². The van der Waals surface area contributed by atoms with Crippen molar-refractivity contribution in [1.82, 2.24) is 15.1 Å². The van der Waals surface area contributed by atoms with Gasteiger partial charge in [0.1, 0.15) is 12.4 Å². The van der Waals surface area contributed by atoms with E-state index in [0.717, 1.165) is 24.5 Å². The Hall–Kier alpha value is -3.67. The average molecular weight is 463 g/mol. The first-order valence-corrected chi connectivity index (χ1v) is 10.0. The number of nitrogens with zero attached hydrogens (tertiary/aromatic N) is 4. The predicted molar refractivity (Wildman–Crippen MR) is 111 cm³/mol. The fourth-order valence-electron chi connectivity index (χ4n) is 3.18. The third-order valence-electron chi connectivity index (χ3n) is 4.90. The minimum Gasteiger partial charge on any atom is -0.444 e. The SMILES string of the molecule is Cc1cc(-c2noc(C(F)(F)F)n2)ccc1NC(=O)OCc1ccc(N2CCOCC2)nc1. The van der Waals surface area contributed by atoms with Crippen LogP contribution in [0.1, 0.15) is 17.0 Å². The molecule has 2 aromatic heterocycles. The van der Waals surface area contributed by atoms with Crippen molar-refractivity contribution in [3.63, 3.8) is 0 Å². The van der Waals surface area contributed by atoms with Crippen LogP contribution in [-0.4, -0.2) is 47.5 Å². The molecule has 1 aromatic carbocycles. The fourth-order valence-corrected chi connectivity index (χ4v) is 3.18. The van der Waals surface area contributed by atoms with Gasteiger partial charge in [-0.25, -0.2) is 9.78 Å². The first-order valence-electron chi connectivity index (χ1n) is 10.0. The zero-order valence-corrected chi connectivity index (χ0v) is 17.6. The van der Waals surface area contributed by atoms with Gasteiger partial charge in [0, 0.05) is 36.1 Å². The van der Waals surface area contributed by atoms with E-state index in [1.807, 2.05) is 12.1 Å². The highest BCUT2D eigenvalue weighted by atomic mass is 19.4. The number of alkyl halides is 3.